The smallest absolute Gasteiger partial charge is 0.323 e. The predicted octanol–water partition coefficient (Wildman–Crippen LogP) is 2.38. The normalized spacial score (nSPS) is 23.8. The van der Waals surface area contributed by atoms with E-state index < -0.39 is 0 Å². The van der Waals surface area contributed by atoms with E-state index in [4.69, 9.17) is 16.3 Å². The van der Waals surface area contributed by atoms with Crippen molar-refractivity contribution in [2.75, 3.05) is 18.4 Å². The summed E-state index contributed by atoms with van der Waals surface area (Å²) < 4.78 is 5.58. The molecule has 1 aliphatic rings. The Bertz CT molecular complexity index is 414. The number of pyridine rings is 1. The third-order valence-corrected chi connectivity index (χ3v) is 2.89. The lowest BCUT2D eigenvalue weighted by atomic mass is 10.2. The highest BCUT2D eigenvalue weighted by atomic mass is 35.5. The molecule has 1 saturated heterocycles. The number of carbonyl (C=O) groups excluding carboxylic acids is 1. The SMILES string of the molecule is CC1CN(C(=O)Nc2ccc(Cl)cn2)CC(C)O1. The van der Waals surface area contributed by atoms with Crippen LogP contribution in [0.15, 0.2) is 18.3 Å². The van der Waals surface area contributed by atoms with Crippen LogP contribution in [0.2, 0.25) is 5.02 Å². The molecule has 98 valence electrons. The van der Waals surface area contributed by atoms with E-state index in [1.165, 1.54) is 6.20 Å². The summed E-state index contributed by atoms with van der Waals surface area (Å²) in [6, 6.07) is 3.20. The maximum absolute atomic E-state index is 12.0. The van der Waals surface area contributed by atoms with Gasteiger partial charge >= 0.3 is 6.03 Å². The zero-order valence-corrected chi connectivity index (χ0v) is 11.1. The van der Waals surface area contributed by atoms with E-state index in [1.54, 1.807) is 17.0 Å². The van der Waals surface area contributed by atoms with Crippen LogP contribution in [0.1, 0.15) is 13.8 Å². The van der Waals surface area contributed by atoms with E-state index in [-0.39, 0.29) is 18.2 Å². The van der Waals surface area contributed by atoms with E-state index in [0.717, 1.165) is 0 Å². The molecule has 1 aromatic rings. The fraction of sp³-hybridized carbons (Fsp3) is 0.500. The maximum atomic E-state index is 12.0. The van der Waals surface area contributed by atoms with E-state index in [1.807, 2.05) is 13.8 Å². The van der Waals surface area contributed by atoms with Crippen molar-refractivity contribution < 1.29 is 9.53 Å². The molecule has 5 nitrogen and oxygen atoms in total. The molecular formula is C12H16ClN3O2. The fourth-order valence-corrected chi connectivity index (χ4v) is 2.09. The van der Waals surface area contributed by atoms with Crippen LogP contribution in [-0.2, 0) is 4.74 Å². The molecule has 0 aromatic carbocycles. The first-order valence-corrected chi connectivity index (χ1v) is 6.25. The molecule has 2 heterocycles. The van der Waals surface area contributed by atoms with Crippen molar-refractivity contribution in [3.8, 4) is 0 Å². The van der Waals surface area contributed by atoms with Crippen LogP contribution < -0.4 is 5.32 Å². The number of carbonyl (C=O) groups is 1. The monoisotopic (exact) mass is 269 g/mol. The van der Waals surface area contributed by atoms with Gasteiger partial charge in [0.2, 0.25) is 0 Å². The predicted molar refractivity (Wildman–Crippen MR) is 69.8 cm³/mol. The molecule has 0 saturated carbocycles. The van der Waals surface area contributed by atoms with Crippen molar-refractivity contribution in [3.63, 3.8) is 0 Å². The summed E-state index contributed by atoms with van der Waals surface area (Å²) in [5.74, 6) is 0.496. The number of hydrogen-bond acceptors (Lipinski definition) is 3. The van der Waals surface area contributed by atoms with Gasteiger partial charge in [0, 0.05) is 19.3 Å². The van der Waals surface area contributed by atoms with Crippen molar-refractivity contribution in [2.24, 2.45) is 0 Å². The van der Waals surface area contributed by atoms with Gasteiger partial charge < -0.3 is 9.64 Å². The summed E-state index contributed by atoms with van der Waals surface area (Å²) >= 11 is 5.73. The highest BCUT2D eigenvalue weighted by molar-refractivity contribution is 6.30. The Morgan fingerprint density at radius 1 is 1.44 bits per heavy atom. The van der Waals surface area contributed by atoms with Crippen LogP contribution in [-0.4, -0.2) is 41.2 Å². The number of rotatable bonds is 1. The zero-order chi connectivity index (χ0) is 13.1. The average Bonchev–Trinajstić information content (AvgIpc) is 2.31. The van der Waals surface area contributed by atoms with Gasteiger partial charge in [0.05, 0.1) is 17.2 Å². The summed E-state index contributed by atoms with van der Waals surface area (Å²) in [4.78, 5) is 17.8. The van der Waals surface area contributed by atoms with Crippen molar-refractivity contribution in [3.05, 3.63) is 23.4 Å². The minimum Gasteiger partial charge on any atom is -0.372 e. The Labute approximate surface area is 111 Å². The Hall–Kier alpha value is -1.33. The molecular weight excluding hydrogens is 254 g/mol. The summed E-state index contributed by atoms with van der Waals surface area (Å²) in [7, 11) is 0. The van der Waals surface area contributed by atoms with E-state index >= 15 is 0 Å². The third kappa shape index (κ3) is 3.34. The third-order valence-electron chi connectivity index (χ3n) is 2.67. The molecule has 2 unspecified atom stereocenters. The molecule has 2 rings (SSSR count). The number of amides is 2. The van der Waals surface area contributed by atoms with Gasteiger partial charge in [0.25, 0.3) is 0 Å². The van der Waals surface area contributed by atoms with Gasteiger partial charge in [0.15, 0.2) is 0 Å². The molecule has 0 radical (unpaired) electrons. The van der Waals surface area contributed by atoms with Gasteiger partial charge in [-0.25, -0.2) is 9.78 Å². The second-order valence-corrected chi connectivity index (χ2v) is 4.89. The van der Waals surface area contributed by atoms with Crippen LogP contribution in [0, 0.1) is 0 Å². The minimum atomic E-state index is -0.160. The largest absolute Gasteiger partial charge is 0.372 e. The number of nitrogens with zero attached hydrogens (tertiary/aromatic N) is 2. The van der Waals surface area contributed by atoms with Crippen LogP contribution in [0.4, 0.5) is 10.6 Å². The number of ether oxygens (including phenoxy) is 1. The van der Waals surface area contributed by atoms with Crippen LogP contribution in [0.3, 0.4) is 0 Å². The van der Waals surface area contributed by atoms with Crippen LogP contribution in [0.5, 0.6) is 0 Å². The van der Waals surface area contributed by atoms with E-state index in [0.29, 0.717) is 23.9 Å². The lowest BCUT2D eigenvalue weighted by molar-refractivity contribution is -0.0530. The topological polar surface area (TPSA) is 54.5 Å². The van der Waals surface area contributed by atoms with Gasteiger partial charge in [-0.3, -0.25) is 5.32 Å². The molecule has 18 heavy (non-hydrogen) atoms. The molecule has 6 heteroatoms. The number of urea groups is 1. The Balaban J connectivity index is 1.97. The summed E-state index contributed by atoms with van der Waals surface area (Å²) in [6.07, 6.45) is 1.61. The number of nitrogens with one attached hydrogen (secondary N) is 1. The zero-order valence-electron chi connectivity index (χ0n) is 10.4. The van der Waals surface area contributed by atoms with Gasteiger partial charge in [-0.1, -0.05) is 11.6 Å². The Kier molecular flexibility index (Phi) is 4.04. The summed E-state index contributed by atoms with van der Waals surface area (Å²) in [5, 5.41) is 3.28. The van der Waals surface area contributed by atoms with Crippen LogP contribution in [0.25, 0.3) is 0 Å². The lowest BCUT2D eigenvalue weighted by Gasteiger charge is -2.35. The van der Waals surface area contributed by atoms with Gasteiger partial charge in [-0.15, -0.1) is 0 Å². The molecule has 0 spiro atoms. The second-order valence-electron chi connectivity index (χ2n) is 4.45. The molecule has 1 fully saturated rings. The highest BCUT2D eigenvalue weighted by Gasteiger charge is 2.25. The molecule has 1 aliphatic heterocycles. The van der Waals surface area contributed by atoms with Gasteiger partial charge in [-0.2, -0.15) is 0 Å². The van der Waals surface area contributed by atoms with Crippen molar-refractivity contribution in [1.29, 1.82) is 0 Å². The standard InChI is InChI=1S/C12H16ClN3O2/c1-8-6-16(7-9(2)18-8)12(17)15-11-4-3-10(13)5-14-11/h3-5,8-9H,6-7H2,1-2H3,(H,14,15,17). The van der Waals surface area contributed by atoms with Crippen LogP contribution >= 0.6 is 11.6 Å². The van der Waals surface area contributed by atoms with Gasteiger partial charge in [-0.05, 0) is 26.0 Å². The number of halogens is 1. The van der Waals surface area contributed by atoms with Crippen molar-refractivity contribution >= 4 is 23.4 Å². The first-order chi connectivity index (χ1) is 8.54. The first-order valence-electron chi connectivity index (χ1n) is 5.87. The quantitative estimate of drug-likeness (QED) is 0.852. The Morgan fingerprint density at radius 2 is 2.11 bits per heavy atom. The van der Waals surface area contributed by atoms with Crippen molar-refractivity contribution in [1.82, 2.24) is 9.88 Å². The summed E-state index contributed by atoms with van der Waals surface area (Å²) in [6.45, 7) is 5.08. The van der Waals surface area contributed by atoms with Gasteiger partial charge in [0.1, 0.15) is 5.82 Å². The molecule has 0 aliphatic carbocycles. The molecule has 1 N–H and O–H groups in total. The number of anilines is 1. The number of morpholine rings is 1. The minimum absolute atomic E-state index is 0.0534. The molecule has 2 atom stereocenters. The van der Waals surface area contributed by atoms with E-state index in [2.05, 4.69) is 10.3 Å². The van der Waals surface area contributed by atoms with Crippen molar-refractivity contribution in [2.45, 2.75) is 26.1 Å². The second kappa shape index (κ2) is 5.54. The summed E-state index contributed by atoms with van der Waals surface area (Å²) in [5.41, 5.74) is 0. The average molecular weight is 270 g/mol. The molecule has 2 amide bonds. The Morgan fingerprint density at radius 3 is 2.67 bits per heavy atom. The highest BCUT2D eigenvalue weighted by Crippen LogP contribution is 2.13. The lowest BCUT2D eigenvalue weighted by Crippen LogP contribution is -2.49. The molecule has 1 aromatic heterocycles. The number of aromatic nitrogens is 1. The maximum Gasteiger partial charge on any atom is 0.323 e. The number of hydrogen-bond donors (Lipinski definition) is 1. The van der Waals surface area contributed by atoms with E-state index in [9.17, 15) is 4.79 Å². The fourth-order valence-electron chi connectivity index (χ4n) is 1.98. The molecule has 0 bridgehead atoms. The first kappa shape index (κ1) is 13.1.